The lowest BCUT2D eigenvalue weighted by atomic mass is 10.1. The van der Waals surface area contributed by atoms with E-state index in [1.807, 2.05) is 59.5 Å². The van der Waals surface area contributed by atoms with Gasteiger partial charge in [-0.1, -0.05) is 41.9 Å². The molecule has 4 rings (SSSR count). The molecule has 0 aliphatic carbocycles. The second kappa shape index (κ2) is 8.47. The number of hydrogen-bond donors (Lipinski definition) is 1. The number of rotatable bonds is 4. The van der Waals surface area contributed by atoms with Gasteiger partial charge in [0.2, 0.25) is 5.91 Å². The van der Waals surface area contributed by atoms with Crippen molar-refractivity contribution in [1.82, 2.24) is 14.7 Å². The van der Waals surface area contributed by atoms with E-state index in [9.17, 15) is 4.79 Å². The minimum atomic E-state index is 0.0351. The summed E-state index contributed by atoms with van der Waals surface area (Å²) in [5.41, 5.74) is 8.91. The van der Waals surface area contributed by atoms with E-state index in [-0.39, 0.29) is 12.5 Å². The molecule has 1 saturated heterocycles. The number of halogens is 2. The first-order valence-corrected chi connectivity index (χ1v) is 10.6. The van der Waals surface area contributed by atoms with Crippen molar-refractivity contribution >= 4 is 44.9 Å². The van der Waals surface area contributed by atoms with Gasteiger partial charge in [-0.3, -0.25) is 9.48 Å². The standard InChI is InChI=1S/C21H21BrClN5O/c22-19-20(15-4-2-1-3-5-15)28(25-21(19)24)14-18(29)27-12-10-26(11-13-27)17-8-6-16(23)7-9-17/h1-9H,10-14H2,(H2,24,25). The molecule has 8 heteroatoms. The summed E-state index contributed by atoms with van der Waals surface area (Å²) in [6.07, 6.45) is 0. The zero-order valence-corrected chi connectivity index (χ0v) is 18.1. The summed E-state index contributed by atoms with van der Waals surface area (Å²) < 4.78 is 2.40. The minimum absolute atomic E-state index is 0.0351. The zero-order valence-electron chi connectivity index (χ0n) is 15.8. The van der Waals surface area contributed by atoms with Crippen LogP contribution in [0.1, 0.15) is 0 Å². The third-order valence-electron chi connectivity index (χ3n) is 5.08. The molecule has 0 radical (unpaired) electrons. The van der Waals surface area contributed by atoms with Crippen LogP contribution in [0.2, 0.25) is 5.02 Å². The number of benzene rings is 2. The molecule has 3 aromatic rings. The first-order valence-electron chi connectivity index (χ1n) is 9.38. The fourth-order valence-corrected chi connectivity index (χ4v) is 4.18. The monoisotopic (exact) mass is 473 g/mol. The number of piperazine rings is 1. The molecule has 0 spiro atoms. The third-order valence-corrected chi connectivity index (χ3v) is 6.11. The van der Waals surface area contributed by atoms with Gasteiger partial charge in [-0.05, 0) is 40.2 Å². The lowest BCUT2D eigenvalue weighted by Crippen LogP contribution is -2.49. The van der Waals surface area contributed by atoms with Gasteiger partial charge in [0.25, 0.3) is 0 Å². The molecular weight excluding hydrogens is 454 g/mol. The highest BCUT2D eigenvalue weighted by atomic mass is 79.9. The number of anilines is 2. The Kier molecular flexibility index (Phi) is 5.78. The Balaban J connectivity index is 1.44. The third kappa shape index (κ3) is 4.26. The highest BCUT2D eigenvalue weighted by Crippen LogP contribution is 2.32. The van der Waals surface area contributed by atoms with Gasteiger partial charge in [0.15, 0.2) is 5.82 Å². The van der Waals surface area contributed by atoms with E-state index in [1.165, 1.54) is 0 Å². The Bertz CT molecular complexity index is 998. The predicted molar refractivity (Wildman–Crippen MR) is 120 cm³/mol. The smallest absolute Gasteiger partial charge is 0.244 e. The number of nitrogens with two attached hydrogens (primary N) is 1. The molecule has 1 fully saturated rings. The van der Waals surface area contributed by atoms with Gasteiger partial charge >= 0.3 is 0 Å². The molecule has 2 aromatic carbocycles. The number of amides is 1. The van der Waals surface area contributed by atoms with Crippen LogP contribution in [0.3, 0.4) is 0 Å². The SMILES string of the molecule is Nc1nn(CC(=O)N2CCN(c3ccc(Cl)cc3)CC2)c(-c2ccccc2)c1Br. The fourth-order valence-electron chi connectivity index (χ4n) is 3.54. The molecule has 2 heterocycles. The van der Waals surface area contributed by atoms with Gasteiger partial charge in [0, 0.05) is 42.5 Å². The summed E-state index contributed by atoms with van der Waals surface area (Å²) in [6.45, 7) is 3.05. The minimum Gasteiger partial charge on any atom is -0.381 e. The zero-order chi connectivity index (χ0) is 20.4. The summed E-state index contributed by atoms with van der Waals surface area (Å²) in [5.74, 6) is 0.414. The van der Waals surface area contributed by atoms with E-state index in [0.29, 0.717) is 23.4 Å². The number of carbonyl (C=O) groups excluding carboxylic acids is 1. The van der Waals surface area contributed by atoms with Gasteiger partial charge in [-0.2, -0.15) is 5.10 Å². The molecule has 1 aliphatic rings. The predicted octanol–water partition coefficient (Wildman–Crippen LogP) is 3.90. The topological polar surface area (TPSA) is 67.4 Å². The van der Waals surface area contributed by atoms with E-state index < -0.39 is 0 Å². The number of carbonyl (C=O) groups is 1. The molecule has 2 N–H and O–H groups in total. The van der Waals surface area contributed by atoms with Crippen LogP contribution in [-0.4, -0.2) is 46.8 Å². The number of aromatic nitrogens is 2. The van der Waals surface area contributed by atoms with Crippen LogP contribution in [0.25, 0.3) is 11.3 Å². The molecule has 1 aliphatic heterocycles. The van der Waals surface area contributed by atoms with Crippen LogP contribution in [-0.2, 0) is 11.3 Å². The lowest BCUT2D eigenvalue weighted by molar-refractivity contribution is -0.132. The fraction of sp³-hybridized carbons (Fsp3) is 0.238. The van der Waals surface area contributed by atoms with Crippen molar-refractivity contribution in [2.45, 2.75) is 6.54 Å². The van der Waals surface area contributed by atoms with Crippen molar-refractivity contribution in [1.29, 1.82) is 0 Å². The van der Waals surface area contributed by atoms with Crippen LogP contribution in [0.5, 0.6) is 0 Å². The van der Waals surface area contributed by atoms with Gasteiger partial charge < -0.3 is 15.5 Å². The Labute approximate surface area is 183 Å². The molecule has 1 amide bonds. The van der Waals surface area contributed by atoms with Crippen molar-refractivity contribution in [3.8, 4) is 11.3 Å². The Morgan fingerprint density at radius 2 is 1.69 bits per heavy atom. The average molecular weight is 475 g/mol. The van der Waals surface area contributed by atoms with Gasteiger partial charge in [0.1, 0.15) is 6.54 Å². The maximum absolute atomic E-state index is 12.9. The number of hydrogen-bond acceptors (Lipinski definition) is 4. The van der Waals surface area contributed by atoms with Crippen molar-refractivity contribution in [2.24, 2.45) is 0 Å². The molecule has 1 aromatic heterocycles. The van der Waals surface area contributed by atoms with Crippen molar-refractivity contribution in [3.05, 3.63) is 64.1 Å². The Hall–Kier alpha value is -2.51. The van der Waals surface area contributed by atoms with E-state index >= 15 is 0 Å². The van der Waals surface area contributed by atoms with E-state index in [1.54, 1.807) is 4.68 Å². The first-order chi connectivity index (χ1) is 14.0. The number of nitrogen functional groups attached to an aromatic ring is 1. The van der Waals surface area contributed by atoms with Gasteiger partial charge in [0.05, 0.1) is 10.2 Å². The van der Waals surface area contributed by atoms with Gasteiger partial charge in [-0.25, -0.2) is 0 Å². The normalized spacial score (nSPS) is 14.3. The molecule has 0 atom stereocenters. The second-order valence-electron chi connectivity index (χ2n) is 6.92. The maximum atomic E-state index is 12.9. The van der Waals surface area contributed by atoms with E-state index in [4.69, 9.17) is 17.3 Å². The Morgan fingerprint density at radius 1 is 1.03 bits per heavy atom. The van der Waals surface area contributed by atoms with Crippen LogP contribution >= 0.6 is 27.5 Å². The van der Waals surface area contributed by atoms with Gasteiger partial charge in [-0.15, -0.1) is 0 Å². The number of nitrogens with zero attached hydrogens (tertiary/aromatic N) is 4. The van der Waals surface area contributed by atoms with Crippen molar-refractivity contribution in [3.63, 3.8) is 0 Å². The average Bonchev–Trinajstić information content (AvgIpc) is 3.02. The summed E-state index contributed by atoms with van der Waals surface area (Å²) in [5, 5.41) is 5.09. The maximum Gasteiger partial charge on any atom is 0.244 e. The summed E-state index contributed by atoms with van der Waals surface area (Å²) in [4.78, 5) is 17.1. The summed E-state index contributed by atoms with van der Waals surface area (Å²) >= 11 is 9.48. The molecular formula is C21H21BrClN5O. The molecule has 29 heavy (non-hydrogen) atoms. The molecule has 0 saturated carbocycles. The molecule has 0 unspecified atom stereocenters. The molecule has 0 bridgehead atoms. The van der Waals surface area contributed by atoms with Crippen LogP contribution in [0.15, 0.2) is 59.1 Å². The van der Waals surface area contributed by atoms with Crippen LogP contribution < -0.4 is 10.6 Å². The second-order valence-corrected chi connectivity index (χ2v) is 8.15. The van der Waals surface area contributed by atoms with Crippen LogP contribution in [0.4, 0.5) is 11.5 Å². The van der Waals surface area contributed by atoms with Crippen LogP contribution in [0, 0.1) is 0 Å². The van der Waals surface area contributed by atoms with E-state index in [0.717, 1.165) is 35.1 Å². The Morgan fingerprint density at radius 3 is 2.34 bits per heavy atom. The highest BCUT2D eigenvalue weighted by molar-refractivity contribution is 9.10. The first kappa shape index (κ1) is 19.8. The lowest BCUT2D eigenvalue weighted by Gasteiger charge is -2.36. The van der Waals surface area contributed by atoms with Crippen molar-refractivity contribution < 1.29 is 4.79 Å². The van der Waals surface area contributed by atoms with Crippen molar-refractivity contribution in [2.75, 3.05) is 36.8 Å². The highest BCUT2D eigenvalue weighted by Gasteiger charge is 2.24. The summed E-state index contributed by atoms with van der Waals surface area (Å²) in [6, 6.07) is 17.6. The molecule has 6 nitrogen and oxygen atoms in total. The largest absolute Gasteiger partial charge is 0.381 e. The molecule has 150 valence electrons. The quantitative estimate of drug-likeness (QED) is 0.623. The summed E-state index contributed by atoms with van der Waals surface area (Å²) in [7, 11) is 0. The van der Waals surface area contributed by atoms with E-state index in [2.05, 4.69) is 25.9 Å².